The van der Waals surface area contributed by atoms with Gasteiger partial charge in [0.2, 0.25) is 15.9 Å². The Balaban J connectivity index is 1.81. The number of nitrogens with one attached hydrogen (secondary N) is 1. The zero-order valence-corrected chi connectivity index (χ0v) is 17.7. The van der Waals surface area contributed by atoms with E-state index in [1.807, 2.05) is 50.2 Å². The van der Waals surface area contributed by atoms with E-state index in [0.29, 0.717) is 11.4 Å². The molecule has 0 unspecified atom stereocenters. The minimum atomic E-state index is -3.87. The maximum atomic E-state index is 13.0. The van der Waals surface area contributed by atoms with E-state index in [0.717, 1.165) is 26.4 Å². The number of nitrogens with zero attached hydrogens (tertiary/aromatic N) is 1. The Labute approximate surface area is 176 Å². The first kappa shape index (κ1) is 21.5. The van der Waals surface area contributed by atoms with Crippen molar-refractivity contribution in [3.05, 3.63) is 94.8 Å². The minimum Gasteiger partial charge on any atom is -0.468 e. The van der Waals surface area contributed by atoms with Gasteiger partial charge < -0.3 is 9.73 Å². The van der Waals surface area contributed by atoms with Crippen molar-refractivity contribution in [3.8, 4) is 0 Å². The second-order valence-electron chi connectivity index (χ2n) is 6.92. The van der Waals surface area contributed by atoms with Gasteiger partial charge in [-0.3, -0.25) is 4.79 Å². The summed E-state index contributed by atoms with van der Waals surface area (Å²) in [5.41, 5.74) is 3.26. The first-order valence-corrected chi connectivity index (χ1v) is 11.0. The Bertz CT molecular complexity index is 1100. The van der Waals surface area contributed by atoms with Crippen LogP contribution in [0.4, 0.5) is 5.69 Å². The Hall–Kier alpha value is -3.16. The van der Waals surface area contributed by atoms with Crippen molar-refractivity contribution in [1.82, 2.24) is 4.31 Å². The average Bonchev–Trinajstić information content (AvgIpc) is 3.23. The smallest absolute Gasteiger partial charge is 0.239 e. The highest BCUT2D eigenvalue weighted by Gasteiger charge is 2.24. The SMILES string of the molecule is Cc1cccc(C)c1NC(=O)CN(Cc1ccco1)S(=O)(=O)/C=C/c1ccccc1. The van der Waals surface area contributed by atoms with Crippen LogP contribution in [-0.4, -0.2) is 25.2 Å². The van der Waals surface area contributed by atoms with Gasteiger partial charge in [0.25, 0.3) is 0 Å². The molecule has 156 valence electrons. The molecule has 1 heterocycles. The van der Waals surface area contributed by atoms with E-state index in [1.54, 1.807) is 24.3 Å². The van der Waals surface area contributed by atoms with Gasteiger partial charge in [0.05, 0.1) is 19.4 Å². The molecule has 0 spiro atoms. The predicted molar refractivity (Wildman–Crippen MR) is 118 cm³/mol. The van der Waals surface area contributed by atoms with Gasteiger partial charge in [-0.25, -0.2) is 8.42 Å². The number of aryl methyl sites for hydroxylation is 2. The van der Waals surface area contributed by atoms with E-state index in [9.17, 15) is 13.2 Å². The molecule has 1 amide bonds. The molecule has 0 fully saturated rings. The lowest BCUT2D eigenvalue weighted by molar-refractivity contribution is -0.116. The lowest BCUT2D eigenvalue weighted by atomic mass is 10.1. The van der Waals surface area contributed by atoms with Crippen LogP contribution >= 0.6 is 0 Å². The van der Waals surface area contributed by atoms with Crippen molar-refractivity contribution in [3.63, 3.8) is 0 Å². The minimum absolute atomic E-state index is 0.0470. The van der Waals surface area contributed by atoms with Crippen LogP contribution in [0.2, 0.25) is 0 Å². The number of carbonyl (C=O) groups is 1. The highest BCUT2D eigenvalue weighted by Crippen LogP contribution is 2.20. The summed E-state index contributed by atoms with van der Waals surface area (Å²) >= 11 is 0. The summed E-state index contributed by atoms with van der Waals surface area (Å²) in [6.45, 7) is 3.40. The van der Waals surface area contributed by atoms with Gasteiger partial charge in [0, 0.05) is 11.1 Å². The summed E-state index contributed by atoms with van der Waals surface area (Å²) < 4.78 is 32.3. The molecule has 1 N–H and O–H groups in total. The summed E-state index contributed by atoms with van der Waals surface area (Å²) in [4.78, 5) is 12.7. The van der Waals surface area contributed by atoms with Gasteiger partial charge >= 0.3 is 0 Å². The Kier molecular flexibility index (Phi) is 6.87. The number of hydrogen-bond donors (Lipinski definition) is 1. The summed E-state index contributed by atoms with van der Waals surface area (Å²) in [5.74, 6) is 0.0298. The number of hydrogen-bond acceptors (Lipinski definition) is 4. The maximum absolute atomic E-state index is 13.0. The van der Waals surface area contributed by atoms with Crippen molar-refractivity contribution in [2.75, 3.05) is 11.9 Å². The van der Waals surface area contributed by atoms with Crippen LogP contribution < -0.4 is 5.32 Å². The number of benzene rings is 2. The number of para-hydroxylation sites is 1. The van der Waals surface area contributed by atoms with E-state index < -0.39 is 15.9 Å². The molecule has 0 aliphatic rings. The molecule has 0 saturated heterocycles. The maximum Gasteiger partial charge on any atom is 0.239 e. The molecule has 0 aliphatic carbocycles. The third-order valence-corrected chi connectivity index (χ3v) is 6.03. The molecule has 0 bridgehead atoms. The zero-order valence-electron chi connectivity index (χ0n) is 16.9. The number of furan rings is 1. The molecule has 30 heavy (non-hydrogen) atoms. The quantitative estimate of drug-likeness (QED) is 0.583. The molecular weight excluding hydrogens is 400 g/mol. The van der Waals surface area contributed by atoms with Gasteiger partial charge in [-0.2, -0.15) is 4.31 Å². The standard InChI is InChI=1S/C23H24N2O4S/c1-18-8-6-9-19(2)23(18)24-22(26)17-25(16-21-12-7-14-29-21)30(27,28)15-13-20-10-4-3-5-11-20/h3-15H,16-17H2,1-2H3,(H,24,26)/b15-13+. The van der Waals surface area contributed by atoms with Crippen molar-refractivity contribution >= 4 is 27.7 Å². The number of sulfonamides is 1. The number of rotatable bonds is 8. The highest BCUT2D eigenvalue weighted by atomic mass is 32.2. The van der Waals surface area contributed by atoms with E-state index in [1.165, 1.54) is 12.3 Å². The normalized spacial score (nSPS) is 11.8. The predicted octanol–water partition coefficient (Wildman–Crippen LogP) is 4.34. The van der Waals surface area contributed by atoms with E-state index in [4.69, 9.17) is 4.42 Å². The van der Waals surface area contributed by atoms with Crippen molar-refractivity contribution in [2.24, 2.45) is 0 Å². The fourth-order valence-corrected chi connectivity index (χ4v) is 4.08. The van der Waals surface area contributed by atoms with Crippen LogP contribution in [0.5, 0.6) is 0 Å². The van der Waals surface area contributed by atoms with Crippen molar-refractivity contribution < 1.29 is 17.6 Å². The van der Waals surface area contributed by atoms with Crippen LogP contribution in [0.15, 0.2) is 76.8 Å². The second-order valence-corrected chi connectivity index (χ2v) is 8.74. The first-order chi connectivity index (χ1) is 14.3. The lowest BCUT2D eigenvalue weighted by Gasteiger charge is -2.20. The summed E-state index contributed by atoms with van der Waals surface area (Å²) in [6.07, 6.45) is 2.98. The first-order valence-electron chi connectivity index (χ1n) is 9.47. The van der Waals surface area contributed by atoms with Crippen LogP contribution in [0.1, 0.15) is 22.5 Å². The van der Waals surface area contributed by atoms with E-state index in [2.05, 4.69) is 5.32 Å². The highest BCUT2D eigenvalue weighted by molar-refractivity contribution is 7.92. The Morgan fingerprint density at radius 1 is 1.00 bits per heavy atom. The average molecular weight is 425 g/mol. The monoisotopic (exact) mass is 424 g/mol. The van der Waals surface area contributed by atoms with Gasteiger partial charge in [0.15, 0.2) is 0 Å². The molecule has 0 atom stereocenters. The Morgan fingerprint density at radius 2 is 1.70 bits per heavy atom. The summed E-state index contributed by atoms with van der Waals surface area (Å²) in [7, 11) is -3.87. The molecule has 3 rings (SSSR count). The topological polar surface area (TPSA) is 79.6 Å². The fraction of sp³-hybridized carbons (Fsp3) is 0.174. The fourth-order valence-electron chi connectivity index (χ4n) is 2.98. The molecule has 3 aromatic rings. The molecule has 0 radical (unpaired) electrons. The van der Waals surface area contributed by atoms with Gasteiger partial charge in [0.1, 0.15) is 5.76 Å². The second kappa shape index (κ2) is 9.56. The van der Waals surface area contributed by atoms with Crippen molar-refractivity contribution in [2.45, 2.75) is 20.4 Å². The number of anilines is 1. The molecular formula is C23H24N2O4S. The van der Waals surface area contributed by atoms with Crippen LogP contribution in [0, 0.1) is 13.8 Å². The largest absolute Gasteiger partial charge is 0.468 e. The van der Waals surface area contributed by atoms with Gasteiger partial charge in [-0.15, -0.1) is 0 Å². The molecule has 7 heteroatoms. The third-order valence-electron chi connectivity index (χ3n) is 4.57. The number of carbonyl (C=O) groups excluding carboxylic acids is 1. The zero-order chi connectivity index (χ0) is 21.6. The molecule has 0 aliphatic heterocycles. The van der Waals surface area contributed by atoms with E-state index in [-0.39, 0.29) is 13.1 Å². The number of amides is 1. The lowest BCUT2D eigenvalue weighted by Crippen LogP contribution is -2.36. The van der Waals surface area contributed by atoms with Crippen LogP contribution in [0.25, 0.3) is 6.08 Å². The summed E-state index contributed by atoms with van der Waals surface area (Å²) in [5, 5.41) is 3.94. The molecule has 0 saturated carbocycles. The molecule has 1 aromatic heterocycles. The Morgan fingerprint density at radius 3 is 2.33 bits per heavy atom. The van der Waals surface area contributed by atoms with Crippen LogP contribution in [0.3, 0.4) is 0 Å². The van der Waals surface area contributed by atoms with Crippen molar-refractivity contribution in [1.29, 1.82) is 0 Å². The van der Waals surface area contributed by atoms with Crippen LogP contribution in [-0.2, 0) is 21.4 Å². The molecule has 2 aromatic carbocycles. The van der Waals surface area contributed by atoms with Gasteiger partial charge in [-0.1, -0.05) is 48.5 Å². The van der Waals surface area contributed by atoms with E-state index >= 15 is 0 Å². The molecule has 6 nitrogen and oxygen atoms in total. The third kappa shape index (κ3) is 5.68. The summed E-state index contributed by atoms with van der Waals surface area (Å²) in [6, 6.07) is 18.1. The van der Waals surface area contributed by atoms with Gasteiger partial charge in [-0.05, 0) is 48.7 Å².